The van der Waals surface area contributed by atoms with Crippen LogP contribution in [0.4, 0.5) is 11.4 Å². The SMILES string of the molecule is COc1ccc(CN(C)CC(=O)Nc2ccc(N3CCCCCC3)cc2)cc1OC. The summed E-state index contributed by atoms with van der Waals surface area (Å²) in [7, 11) is 5.17. The summed E-state index contributed by atoms with van der Waals surface area (Å²) < 4.78 is 10.6. The van der Waals surface area contributed by atoms with E-state index in [0.717, 1.165) is 24.3 Å². The number of hydrogen-bond donors (Lipinski definition) is 1. The van der Waals surface area contributed by atoms with Crippen LogP contribution < -0.4 is 19.7 Å². The maximum Gasteiger partial charge on any atom is 0.238 e. The van der Waals surface area contributed by atoms with Crippen molar-refractivity contribution >= 4 is 17.3 Å². The first kappa shape index (κ1) is 22.0. The molecule has 1 N–H and O–H groups in total. The summed E-state index contributed by atoms with van der Waals surface area (Å²) in [5, 5.41) is 3.00. The minimum atomic E-state index is -0.0273. The molecule has 2 aromatic rings. The molecule has 162 valence electrons. The van der Waals surface area contributed by atoms with E-state index in [0.29, 0.717) is 24.6 Å². The Morgan fingerprint density at radius 2 is 1.63 bits per heavy atom. The second-order valence-electron chi connectivity index (χ2n) is 7.86. The molecular formula is C24H33N3O3. The Morgan fingerprint density at radius 1 is 0.967 bits per heavy atom. The highest BCUT2D eigenvalue weighted by molar-refractivity contribution is 5.92. The number of carbonyl (C=O) groups is 1. The van der Waals surface area contributed by atoms with Gasteiger partial charge in [-0.25, -0.2) is 0 Å². The molecule has 0 radical (unpaired) electrons. The van der Waals surface area contributed by atoms with Crippen molar-refractivity contribution in [3.63, 3.8) is 0 Å². The van der Waals surface area contributed by atoms with Crippen LogP contribution in [0.2, 0.25) is 0 Å². The molecule has 1 heterocycles. The van der Waals surface area contributed by atoms with Gasteiger partial charge in [-0.3, -0.25) is 9.69 Å². The van der Waals surface area contributed by atoms with Crippen LogP contribution >= 0.6 is 0 Å². The molecule has 6 nitrogen and oxygen atoms in total. The summed E-state index contributed by atoms with van der Waals surface area (Å²) in [6.45, 7) is 3.18. The predicted molar refractivity (Wildman–Crippen MR) is 122 cm³/mol. The molecule has 1 aliphatic heterocycles. The molecule has 6 heteroatoms. The van der Waals surface area contributed by atoms with E-state index >= 15 is 0 Å². The van der Waals surface area contributed by atoms with Crippen LogP contribution in [0.5, 0.6) is 11.5 Å². The smallest absolute Gasteiger partial charge is 0.238 e. The van der Waals surface area contributed by atoms with Crippen molar-refractivity contribution in [1.29, 1.82) is 0 Å². The van der Waals surface area contributed by atoms with E-state index in [1.54, 1.807) is 14.2 Å². The van der Waals surface area contributed by atoms with Crippen molar-refractivity contribution in [3.8, 4) is 11.5 Å². The number of amides is 1. The third kappa shape index (κ3) is 6.13. The standard InChI is InChI=1S/C24H33N3O3/c1-26(17-19-8-13-22(29-2)23(16-19)30-3)18-24(28)25-20-9-11-21(12-10-20)27-14-6-4-5-7-15-27/h8-13,16H,4-7,14-15,17-18H2,1-3H3,(H,25,28). The van der Waals surface area contributed by atoms with Crippen LogP contribution in [0.1, 0.15) is 31.2 Å². The van der Waals surface area contributed by atoms with Crippen molar-refractivity contribution in [3.05, 3.63) is 48.0 Å². The molecule has 30 heavy (non-hydrogen) atoms. The maximum absolute atomic E-state index is 12.5. The van der Waals surface area contributed by atoms with Gasteiger partial charge < -0.3 is 19.7 Å². The first-order chi connectivity index (χ1) is 14.6. The Morgan fingerprint density at radius 3 is 2.27 bits per heavy atom. The molecule has 0 spiro atoms. The average Bonchev–Trinajstić information content (AvgIpc) is 3.03. The summed E-state index contributed by atoms with van der Waals surface area (Å²) in [6, 6.07) is 14.0. The zero-order chi connectivity index (χ0) is 21.3. The lowest BCUT2D eigenvalue weighted by molar-refractivity contribution is -0.117. The van der Waals surface area contributed by atoms with Crippen molar-refractivity contribution in [2.24, 2.45) is 0 Å². The number of likely N-dealkylation sites (N-methyl/N-ethyl adjacent to an activating group) is 1. The molecule has 3 rings (SSSR count). The summed E-state index contributed by atoms with van der Waals surface area (Å²) >= 11 is 0. The van der Waals surface area contributed by atoms with Crippen LogP contribution in [0.3, 0.4) is 0 Å². The number of nitrogens with zero attached hydrogens (tertiary/aromatic N) is 2. The molecule has 1 amide bonds. The Balaban J connectivity index is 1.51. The summed E-state index contributed by atoms with van der Waals surface area (Å²) in [5.41, 5.74) is 3.13. The van der Waals surface area contributed by atoms with Gasteiger partial charge in [-0.15, -0.1) is 0 Å². The second-order valence-corrected chi connectivity index (χ2v) is 7.86. The molecule has 0 bridgehead atoms. The van der Waals surface area contributed by atoms with Crippen LogP contribution in [-0.4, -0.2) is 51.7 Å². The topological polar surface area (TPSA) is 54.0 Å². The molecule has 1 fully saturated rings. The number of nitrogens with one attached hydrogen (secondary N) is 1. The fourth-order valence-corrected chi connectivity index (χ4v) is 3.88. The molecule has 0 aliphatic carbocycles. The van der Waals surface area contributed by atoms with E-state index in [1.807, 2.05) is 42.3 Å². The molecule has 0 saturated carbocycles. The third-order valence-corrected chi connectivity index (χ3v) is 5.44. The lowest BCUT2D eigenvalue weighted by Gasteiger charge is -2.23. The number of benzene rings is 2. The second kappa shape index (κ2) is 10.9. The minimum absolute atomic E-state index is 0.0273. The Hall–Kier alpha value is -2.73. The Labute approximate surface area is 179 Å². The van der Waals surface area contributed by atoms with Gasteiger partial charge in [0.1, 0.15) is 0 Å². The molecule has 0 atom stereocenters. The molecule has 0 unspecified atom stereocenters. The van der Waals surface area contributed by atoms with E-state index in [-0.39, 0.29) is 5.91 Å². The van der Waals surface area contributed by atoms with Crippen LogP contribution in [0.25, 0.3) is 0 Å². The monoisotopic (exact) mass is 411 g/mol. The molecular weight excluding hydrogens is 378 g/mol. The maximum atomic E-state index is 12.5. The van der Waals surface area contributed by atoms with Gasteiger partial charge in [0.25, 0.3) is 0 Å². The largest absolute Gasteiger partial charge is 0.493 e. The predicted octanol–water partition coefficient (Wildman–Crippen LogP) is 4.15. The third-order valence-electron chi connectivity index (χ3n) is 5.44. The highest BCUT2D eigenvalue weighted by Gasteiger charge is 2.12. The van der Waals surface area contributed by atoms with Gasteiger partial charge in [-0.1, -0.05) is 18.9 Å². The van der Waals surface area contributed by atoms with E-state index < -0.39 is 0 Å². The van der Waals surface area contributed by atoms with Crippen LogP contribution in [0.15, 0.2) is 42.5 Å². The summed E-state index contributed by atoms with van der Waals surface area (Å²) in [6.07, 6.45) is 5.15. The first-order valence-corrected chi connectivity index (χ1v) is 10.6. The number of methoxy groups -OCH3 is 2. The minimum Gasteiger partial charge on any atom is -0.493 e. The quantitative estimate of drug-likeness (QED) is 0.707. The summed E-state index contributed by atoms with van der Waals surface area (Å²) in [4.78, 5) is 16.9. The van der Waals surface area contributed by atoms with E-state index in [2.05, 4.69) is 22.3 Å². The lowest BCUT2D eigenvalue weighted by atomic mass is 10.2. The fourth-order valence-electron chi connectivity index (χ4n) is 3.88. The normalized spacial score (nSPS) is 14.3. The highest BCUT2D eigenvalue weighted by Crippen LogP contribution is 2.28. The molecule has 1 aliphatic rings. The van der Waals surface area contributed by atoms with E-state index in [1.165, 1.54) is 31.4 Å². The van der Waals surface area contributed by atoms with Gasteiger partial charge in [0, 0.05) is 31.0 Å². The number of anilines is 2. The van der Waals surface area contributed by atoms with Crippen molar-refractivity contribution < 1.29 is 14.3 Å². The zero-order valence-electron chi connectivity index (χ0n) is 18.3. The van der Waals surface area contributed by atoms with Crippen molar-refractivity contribution in [1.82, 2.24) is 4.90 Å². The highest BCUT2D eigenvalue weighted by atomic mass is 16.5. The molecule has 0 aromatic heterocycles. The lowest BCUT2D eigenvalue weighted by Crippen LogP contribution is -2.29. The van der Waals surface area contributed by atoms with Crippen molar-refractivity contribution in [2.75, 3.05) is 51.1 Å². The van der Waals surface area contributed by atoms with E-state index in [4.69, 9.17) is 9.47 Å². The van der Waals surface area contributed by atoms with Gasteiger partial charge in [-0.2, -0.15) is 0 Å². The number of ether oxygens (including phenoxy) is 2. The number of carbonyl (C=O) groups excluding carboxylic acids is 1. The van der Waals surface area contributed by atoms with Gasteiger partial charge >= 0.3 is 0 Å². The Kier molecular flexibility index (Phi) is 7.97. The van der Waals surface area contributed by atoms with Crippen LogP contribution in [-0.2, 0) is 11.3 Å². The van der Waals surface area contributed by atoms with Crippen LogP contribution in [0, 0.1) is 0 Å². The Bertz CT molecular complexity index is 815. The average molecular weight is 412 g/mol. The molecule has 2 aromatic carbocycles. The van der Waals surface area contributed by atoms with Gasteiger partial charge in [0.05, 0.1) is 20.8 Å². The number of rotatable bonds is 8. The molecule has 1 saturated heterocycles. The van der Waals surface area contributed by atoms with Gasteiger partial charge in [0.2, 0.25) is 5.91 Å². The van der Waals surface area contributed by atoms with Gasteiger partial charge in [0.15, 0.2) is 11.5 Å². The zero-order valence-corrected chi connectivity index (χ0v) is 18.3. The summed E-state index contributed by atoms with van der Waals surface area (Å²) in [5.74, 6) is 1.36. The van der Waals surface area contributed by atoms with Crippen molar-refractivity contribution in [2.45, 2.75) is 32.2 Å². The van der Waals surface area contributed by atoms with Gasteiger partial charge in [-0.05, 0) is 61.9 Å². The number of hydrogen-bond acceptors (Lipinski definition) is 5. The fraction of sp³-hybridized carbons (Fsp3) is 0.458. The van der Waals surface area contributed by atoms with E-state index in [9.17, 15) is 4.79 Å². The first-order valence-electron chi connectivity index (χ1n) is 10.6.